The van der Waals surface area contributed by atoms with E-state index in [9.17, 15) is 0 Å². The Morgan fingerprint density at radius 2 is 1.57 bits per heavy atom. The van der Waals surface area contributed by atoms with Gasteiger partial charge in [0.2, 0.25) is 0 Å². The Balaban J connectivity index is 2.07. The third-order valence-electron chi connectivity index (χ3n) is 3.47. The van der Waals surface area contributed by atoms with Crippen molar-refractivity contribution >= 4 is 13.4 Å². The molecule has 1 heterocycles. The Kier molecular flexibility index (Phi) is 3.61. The van der Waals surface area contributed by atoms with E-state index in [1.165, 1.54) is 22.4 Å². The summed E-state index contributed by atoms with van der Waals surface area (Å²) in [5, 5.41) is 4.76. The van der Waals surface area contributed by atoms with Crippen LogP contribution in [0.2, 0.25) is 0 Å². The molecule has 21 heavy (non-hydrogen) atoms. The monoisotopic (exact) mass is 277 g/mol. The lowest BCUT2D eigenvalue weighted by atomic mass is 9.96. The van der Waals surface area contributed by atoms with Crippen molar-refractivity contribution in [3.63, 3.8) is 0 Å². The summed E-state index contributed by atoms with van der Waals surface area (Å²) in [6, 6.07) is 21.4. The molecule has 2 aromatic carbocycles. The molecule has 0 aliphatic carbocycles. The Labute approximate surface area is 126 Å². The Bertz CT molecular complexity index is 735. The van der Waals surface area contributed by atoms with Crippen molar-refractivity contribution in [3.05, 3.63) is 66.2 Å². The highest BCUT2D eigenvalue weighted by molar-refractivity contribution is 6.33. The van der Waals surface area contributed by atoms with Gasteiger partial charge in [-0.1, -0.05) is 60.7 Å². The summed E-state index contributed by atoms with van der Waals surface area (Å²) in [6.45, 7) is 2.22. The van der Waals surface area contributed by atoms with Crippen LogP contribution in [0.3, 0.4) is 0 Å². The molecule has 0 radical (unpaired) electrons. The Morgan fingerprint density at radius 3 is 2.19 bits per heavy atom. The molecule has 0 aliphatic heterocycles. The molecule has 0 saturated carbocycles. The van der Waals surface area contributed by atoms with Crippen LogP contribution in [0.15, 0.2) is 60.7 Å². The first-order chi connectivity index (χ1) is 10.2. The zero-order valence-corrected chi connectivity index (χ0v) is 11.7. The largest absolute Gasteiger partial charge is 0.168 e. The Hall–Kier alpha value is -2.36. The molecular formula is C17H20BN3. The molecule has 3 nitrogen and oxygen atoms in total. The number of benzene rings is 2. The van der Waals surface area contributed by atoms with Crippen molar-refractivity contribution in [2.75, 3.05) is 0 Å². The van der Waals surface area contributed by atoms with E-state index in [4.69, 9.17) is 5.21 Å². The van der Waals surface area contributed by atoms with E-state index >= 15 is 0 Å². The quantitative estimate of drug-likeness (QED) is 0.516. The van der Waals surface area contributed by atoms with Crippen molar-refractivity contribution in [2.24, 2.45) is 7.05 Å². The summed E-state index contributed by atoms with van der Waals surface area (Å²) in [7, 11) is 2.07. The molecule has 0 unspecified atom stereocenters. The standard InChI is InChI=1S/C17H20BN3/c1-13(14-9-5-3-6-10-14)21-17(18)16(20(2)19-21)15-11-7-4-8-12-15/h3-13H,1-2,18H3/t13-/m0/s1. The van der Waals surface area contributed by atoms with Gasteiger partial charge < -0.3 is 0 Å². The number of aryl methyl sites for hydroxylation is 1. The summed E-state index contributed by atoms with van der Waals surface area (Å²) in [6.07, 6.45) is 0. The fourth-order valence-electron chi connectivity index (χ4n) is 2.29. The Morgan fingerprint density at radius 1 is 1.00 bits per heavy atom. The van der Waals surface area contributed by atoms with Crippen molar-refractivity contribution in [1.29, 1.82) is 0 Å². The van der Waals surface area contributed by atoms with Crippen LogP contribution in [0.4, 0.5) is 0 Å². The summed E-state index contributed by atoms with van der Waals surface area (Å²) in [4.78, 5) is 0. The molecule has 0 aliphatic rings. The topological polar surface area (TPSA) is 21.7 Å². The van der Waals surface area contributed by atoms with E-state index in [0.717, 1.165) is 0 Å². The maximum absolute atomic E-state index is 4.76. The molecule has 0 spiro atoms. The number of rotatable bonds is 3. The molecule has 3 aromatic rings. The fourth-order valence-corrected chi connectivity index (χ4v) is 2.29. The minimum Gasteiger partial charge on any atom is -0.168 e. The van der Waals surface area contributed by atoms with Gasteiger partial charge in [0.15, 0.2) is 5.69 Å². The van der Waals surface area contributed by atoms with Gasteiger partial charge in [-0.2, -0.15) is 4.68 Å². The molecule has 3 rings (SSSR count). The van der Waals surface area contributed by atoms with Crippen molar-refractivity contribution in [2.45, 2.75) is 13.0 Å². The van der Waals surface area contributed by atoms with E-state index in [2.05, 4.69) is 72.3 Å². The van der Waals surface area contributed by atoms with E-state index in [-0.39, 0.29) is 13.9 Å². The van der Waals surface area contributed by atoms with Gasteiger partial charge in [-0.05, 0) is 18.1 Å². The van der Waals surface area contributed by atoms with Gasteiger partial charge in [0.1, 0.15) is 13.1 Å². The minimum absolute atomic E-state index is 0.0235. The molecule has 0 amide bonds. The highest BCUT2D eigenvalue weighted by Crippen LogP contribution is 2.17. The summed E-state index contributed by atoms with van der Waals surface area (Å²) < 4.78 is 4.23. The molecular weight excluding hydrogens is 257 g/mol. The van der Waals surface area contributed by atoms with Crippen molar-refractivity contribution in [3.8, 4) is 11.3 Å². The van der Waals surface area contributed by atoms with Crippen LogP contribution in [-0.4, -0.2) is 17.7 Å². The zero-order chi connectivity index (χ0) is 14.8. The molecule has 106 valence electrons. The number of hydrogen-bond donors (Lipinski definition) is 0. The lowest BCUT2D eigenvalue weighted by Crippen LogP contribution is -2.34. The first-order valence-electron chi connectivity index (χ1n) is 6.74. The van der Waals surface area contributed by atoms with E-state index in [1.807, 2.05) is 11.7 Å². The van der Waals surface area contributed by atoms with Crippen LogP contribution in [0, 0.1) is 0 Å². The van der Waals surface area contributed by atoms with Crippen LogP contribution in [-0.2, 0) is 7.05 Å². The van der Waals surface area contributed by atoms with Gasteiger partial charge in [0, 0.05) is 13.4 Å². The first kappa shape index (κ1) is 13.6. The third kappa shape index (κ3) is 2.49. The fraction of sp³-hybridized carbons (Fsp3) is 0.176. The van der Waals surface area contributed by atoms with E-state index in [1.54, 1.807) is 0 Å². The second kappa shape index (κ2) is 5.56. The summed E-state index contributed by atoms with van der Waals surface area (Å²) >= 11 is 0. The predicted molar refractivity (Wildman–Crippen MR) is 88.7 cm³/mol. The average molecular weight is 277 g/mol. The van der Waals surface area contributed by atoms with Crippen LogP contribution < -0.4 is 10.3 Å². The molecule has 1 atom stereocenters. The number of hydrogen-bond acceptors (Lipinski definition) is 1. The second-order valence-electron chi connectivity index (χ2n) is 4.87. The minimum atomic E-state index is 0.0235. The zero-order valence-electron chi connectivity index (χ0n) is 11.7. The highest BCUT2D eigenvalue weighted by atomic mass is 15.5. The lowest BCUT2D eigenvalue weighted by Gasteiger charge is -2.10. The van der Waals surface area contributed by atoms with Gasteiger partial charge >= 0.3 is 0 Å². The normalized spacial score (nSPS) is 12.3. The van der Waals surface area contributed by atoms with E-state index in [0.29, 0.717) is 0 Å². The van der Waals surface area contributed by atoms with Crippen LogP contribution in [0.25, 0.3) is 11.3 Å². The predicted octanol–water partition coefficient (Wildman–Crippen LogP) is 0.975. The third-order valence-corrected chi connectivity index (χ3v) is 3.47. The first-order valence-corrected chi connectivity index (χ1v) is 6.74. The maximum atomic E-state index is 4.76. The van der Waals surface area contributed by atoms with Crippen molar-refractivity contribution in [1.82, 2.24) is 9.90 Å². The molecule has 0 fully saturated rings. The second-order valence-corrected chi connectivity index (χ2v) is 4.87. The lowest BCUT2D eigenvalue weighted by molar-refractivity contribution is -0.722. The van der Waals surface area contributed by atoms with Gasteiger partial charge in [-0.25, -0.2) is 0 Å². The molecule has 1 aromatic heterocycles. The SMILES string of the molecule is [BH3-]c1c(-c2ccccc2)[n+](C)nn1[C@@H](C)c1ccccc1. The van der Waals surface area contributed by atoms with Gasteiger partial charge in [0.25, 0.3) is 0 Å². The van der Waals surface area contributed by atoms with Gasteiger partial charge in [0.05, 0.1) is 5.21 Å². The van der Waals surface area contributed by atoms with Crippen LogP contribution in [0.1, 0.15) is 18.5 Å². The molecule has 4 heteroatoms. The highest BCUT2D eigenvalue weighted by Gasteiger charge is 2.21. The van der Waals surface area contributed by atoms with Crippen molar-refractivity contribution < 1.29 is 4.68 Å². The molecule has 0 N–H and O–H groups in total. The number of nitrogens with zero attached hydrogens (tertiary/aromatic N) is 3. The van der Waals surface area contributed by atoms with Crippen LogP contribution in [0.5, 0.6) is 0 Å². The maximum Gasteiger partial charge on any atom is 0.158 e. The van der Waals surface area contributed by atoms with Crippen LogP contribution >= 0.6 is 0 Å². The van der Waals surface area contributed by atoms with Gasteiger partial charge in [-0.3, -0.25) is 0 Å². The molecule has 0 saturated heterocycles. The smallest absolute Gasteiger partial charge is 0.158 e. The summed E-state index contributed by atoms with van der Waals surface area (Å²) in [5.41, 5.74) is 5.27. The summed E-state index contributed by atoms with van der Waals surface area (Å²) in [5.74, 6) is 0. The van der Waals surface area contributed by atoms with E-state index < -0.39 is 0 Å². The van der Waals surface area contributed by atoms with Gasteiger partial charge in [-0.15, -0.1) is 4.68 Å². The average Bonchev–Trinajstić information content (AvgIpc) is 2.83. The molecule has 0 bridgehead atoms. The number of aromatic nitrogens is 3.